The Kier molecular flexibility index (Phi) is 6.34. The Morgan fingerprint density at radius 2 is 1.58 bits per heavy atom. The molecule has 138 valence electrons. The van der Waals surface area contributed by atoms with E-state index in [2.05, 4.69) is 0 Å². The molecule has 0 unspecified atom stereocenters. The van der Waals surface area contributed by atoms with Crippen LogP contribution in [0.25, 0.3) is 6.08 Å². The highest BCUT2D eigenvalue weighted by atomic mass is 32.2. The fourth-order valence-corrected chi connectivity index (χ4v) is 3.10. The molecular weight excluding hydrogens is 350 g/mol. The van der Waals surface area contributed by atoms with Crippen LogP contribution in [-0.4, -0.2) is 38.7 Å². The molecule has 6 heteroatoms. The van der Waals surface area contributed by atoms with E-state index in [4.69, 9.17) is 4.74 Å². The standard InChI is InChI=1S/C20H23NO4S/c1-15(2)25-18-10-5-16(6-11-18)7-14-20(22)17-8-12-19(13-9-17)26(23,24)21(3)4/h5-15H,1-4H3/b14-7+. The molecule has 26 heavy (non-hydrogen) atoms. The Morgan fingerprint density at radius 3 is 2.08 bits per heavy atom. The van der Waals surface area contributed by atoms with Crippen molar-refractivity contribution in [2.45, 2.75) is 24.8 Å². The SMILES string of the molecule is CC(C)Oc1ccc(/C=C/C(=O)c2ccc(S(=O)(=O)N(C)C)cc2)cc1. The number of rotatable bonds is 7. The molecule has 5 nitrogen and oxygen atoms in total. The van der Waals surface area contributed by atoms with Gasteiger partial charge in [-0.05, 0) is 61.9 Å². The lowest BCUT2D eigenvalue weighted by Crippen LogP contribution is -2.22. The molecular formula is C20H23NO4S. The van der Waals surface area contributed by atoms with E-state index < -0.39 is 10.0 Å². The molecule has 0 amide bonds. The number of allylic oxidation sites excluding steroid dienone is 1. The van der Waals surface area contributed by atoms with E-state index in [9.17, 15) is 13.2 Å². The lowest BCUT2D eigenvalue weighted by Gasteiger charge is -2.11. The van der Waals surface area contributed by atoms with Crippen LogP contribution >= 0.6 is 0 Å². The average molecular weight is 373 g/mol. The van der Waals surface area contributed by atoms with Crippen LogP contribution in [0.15, 0.2) is 59.5 Å². The summed E-state index contributed by atoms with van der Waals surface area (Å²) in [5.41, 5.74) is 1.31. The third kappa shape index (κ3) is 5.03. The van der Waals surface area contributed by atoms with Crippen molar-refractivity contribution in [1.29, 1.82) is 0 Å². The predicted molar refractivity (Wildman–Crippen MR) is 103 cm³/mol. The summed E-state index contributed by atoms with van der Waals surface area (Å²) < 4.78 is 30.8. The Hall–Kier alpha value is -2.44. The first-order chi connectivity index (χ1) is 12.2. The van der Waals surface area contributed by atoms with E-state index >= 15 is 0 Å². The summed E-state index contributed by atoms with van der Waals surface area (Å²) in [6.45, 7) is 3.92. The van der Waals surface area contributed by atoms with Crippen molar-refractivity contribution in [2.75, 3.05) is 14.1 Å². The van der Waals surface area contributed by atoms with Gasteiger partial charge in [-0.25, -0.2) is 12.7 Å². The molecule has 2 aromatic rings. The number of carbonyl (C=O) groups excluding carboxylic acids is 1. The Labute approximate surface area is 155 Å². The zero-order valence-electron chi connectivity index (χ0n) is 15.3. The van der Waals surface area contributed by atoms with Crippen molar-refractivity contribution in [3.63, 3.8) is 0 Å². The van der Waals surface area contributed by atoms with Gasteiger partial charge in [0.25, 0.3) is 0 Å². The van der Waals surface area contributed by atoms with Crippen LogP contribution in [0, 0.1) is 0 Å². The fourth-order valence-electron chi connectivity index (χ4n) is 2.20. The van der Waals surface area contributed by atoms with Gasteiger partial charge in [0.1, 0.15) is 5.75 Å². The van der Waals surface area contributed by atoms with E-state index in [1.54, 1.807) is 6.08 Å². The molecule has 0 aliphatic rings. The highest BCUT2D eigenvalue weighted by Gasteiger charge is 2.17. The molecule has 0 bridgehead atoms. The number of hydrogen-bond acceptors (Lipinski definition) is 4. The Bertz CT molecular complexity index is 880. The summed E-state index contributed by atoms with van der Waals surface area (Å²) in [6.07, 6.45) is 3.29. The summed E-state index contributed by atoms with van der Waals surface area (Å²) in [5.74, 6) is 0.586. The van der Waals surface area contributed by atoms with E-state index in [0.29, 0.717) is 5.56 Å². The molecule has 0 atom stereocenters. The number of sulfonamides is 1. The molecule has 2 rings (SSSR count). The fraction of sp³-hybridized carbons (Fsp3) is 0.250. The minimum absolute atomic E-state index is 0.109. The molecule has 0 saturated carbocycles. The molecule has 0 fully saturated rings. The number of nitrogens with zero attached hydrogens (tertiary/aromatic N) is 1. The summed E-state index contributed by atoms with van der Waals surface area (Å²) in [6, 6.07) is 13.4. The van der Waals surface area contributed by atoms with Gasteiger partial charge in [0.05, 0.1) is 11.0 Å². The smallest absolute Gasteiger partial charge is 0.242 e. The summed E-state index contributed by atoms with van der Waals surface area (Å²) in [5, 5.41) is 0. The second-order valence-corrected chi connectivity index (χ2v) is 8.40. The van der Waals surface area contributed by atoms with Gasteiger partial charge in [0.15, 0.2) is 5.78 Å². The van der Waals surface area contributed by atoms with E-state index in [-0.39, 0.29) is 16.8 Å². The molecule has 0 saturated heterocycles. The van der Waals surface area contributed by atoms with Gasteiger partial charge >= 0.3 is 0 Å². The molecule has 0 aliphatic carbocycles. The van der Waals surface area contributed by atoms with Crippen molar-refractivity contribution in [3.05, 3.63) is 65.7 Å². The normalized spacial score (nSPS) is 12.1. The van der Waals surface area contributed by atoms with Gasteiger partial charge in [-0.2, -0.15) is 0 Å². The molecule has 0 heterocycles. The Balaban J connectivity index is 2.09. The van der Waals surface area contributed by atoms with Crippen LogP contribution in [0.4, 0.5) is 0 Å². The molecule has 0 radical (unpaired) electrons. The molecule has 2 aromatic carbocycles. The van der Waals surface area contributed by atoms with Crippen LogP contribution in [0.3, 0.4) is 0 Å². The second-order valence-electron chi connectivity index (χ2n) is 6.25. The highest BCUT2D eigenvalue weighted by molar-refractivity contribution is 7.89. The lowest BCUT2D eigenvalue weighted by molar-refractivity contribution is 0.104. The second kappa shape index (κ2) is 8.29. The lowest BCUT2D eigenvalue weighted by atomic mass is 10.1. The minimum Gasteiger partial charge on any atom is -0.491 e. The van der Waals surface area contributed by atoms with Crippen molar-refractivity contribution in [2.24, 2.45) is 0 Å². The molecule has 0 spiro atoms. The first kappa shape index (κ1) is 19.9. The number of hydrogen-bond donors (Lipinski definition) is 0. The van der Waals surface area contributed by atoms with Crippen molar-refractivity contribution < 1.29 is 17.9 Å². The van der Waals surface area contributed by atoms with Gasteiger partial charge in [-0.3, -0.25) is 4.79 Å². The van der Waals surface area contributed by atoms with Crippen molar-refractivity contribution in [1.82, 2.24) is 4.31 Å². The molecule has 0 N–H and O–H groups in total. The maximum absolute atomic E-state index is 12.3. The number of benzene rings is 2. The number of carbonyl (C=O) groups is 1. The van der Waals surface area contributed by atoms with E-state index in [1.165, 1.54) is 44.4 Å². The maximum Gasteiger partial charge on any atom is 0.242 e. The van der Waals surface area contributed by atoms with Crippen molar-refractivity contribution >= 4 is 21.9 Å². The third-order valence-electron chi connectivity index (χ3n) is 3.60. The third-order valence-corrected chi connectivity index (χ3v) is 5.43. The largest absolute Gasteiger partial charge is 0.491 e. The van der Waals surface area contributed by atoms with E-state index in [0.717, 1.165) is 15.6 Å². The summed E-state index contributed by atoms with van der Waals surface area (Å²) >= 11 is 0. The number of ketones is 1. The van der Waals surface area contributed by atoms with Gasteiger partial charge in [-0.15, -0.1) is 0 Å². The monoisotopic (exact) mass is 373 g/mol. The van der Waals surface area contributed by atoms with Gasteiger partial charge < -0.3 is 4.74 Å². The number of ether oxygens (including phenoxy) is 1. The van der Waals surface area contributed by atoms with E-state index in [1.807, 2.05) is 38.1 Å². The average Bonchev–Trinajstić information content (AvgIpc) is 2.60. The summed E-state index contributed by atoms with van der Waals surface area (Å²) in [7, 11) is -0.562. The predicted octanol–water partition coefficient (Wildman–Crippen LogP) is 3.62. The summed E-state index contributed by atoms with van der Waals surface area (Å²) in [4.78, 5) is 12.4. The van der Waals surface area contributed by atoms with Crippen LogP contribution in [-0.2, 0) is 10.0 Å². The van der Waals surface area contributed by atoms with Crippen LogP contribution in [0.2, 0.25) is 0 Å². The van der Waals surface area contributed by atoms with Crippen LogP contribution in [0.5, 0.6) is 5.75 Å². The zero-order chi connectivity index (χ0) is 19.3. The van der Waals surface area contributed by atoms with Crippen LogP contribution in [0.1, 0.15) is 29.8 Å². The van der Waals surface area contributed by atoms with Gasteiger partial charge in [-0.1, -0.05) is 18.2 Å². The zero-order valence-corrected chi connectivity index (χ0v) is 16.2. The molecule has 0 aliphatic heterocycles. The Morgan fingerprint density at radius 1 is 1.00 bits per heavy atom. The molecule has 0 aromatic heterocycles. The first-order valence-corrected chi connectivity index (χ1v) is 9.66. The van der Waals surface area contributed by atoms with Crippen molar-refractivity contribution in [3.8, 4) is 5.75 Å². The quantitative estimate of drug-likeness (QED) is 0.549. The first-order valence-electron chi connectivity index (χ1n) is 8.22. The maximum atomic E-state index is 12.3. The van der Waals surface area contributed by atoms with Gasteiger partial charge in [0, 0.05) is 19.7 Å². The topological polar surface area (TPSA) is 63.7 Å². The van der Waals surface area contributed by atoms with Crippen LogP contribution < -0.4 is 4.74 Å². The minimum atomic E-state index is -3.50. The highest BCUT2D eigenvalue weighted by Crippen LogP contribution is 2.16. The van der Waals surface area contributed by atoms with Gasteiger partial charge in [0.2, 0.25) is 10.0 Å².